The van der Waals surface area contributed by atoms with Gasteiger partial charge in [-0.2, -0.15) is 0 Å². The Morgan fingerprint density at radius 2 is 2.12 bits per heavy atom. The number of hydrogen-bond donors (Lipinski definition) is 0. The number of hydrogen-bond acceptors (Lipinski definition) is 2. The molecule has 0 saturated carbocycles. The molecular formula is C6H10O2. The summed E-state index contributed by atoms with van der Waals surface area (Å²) < 4.78 is 0. The van der Waals surface area contributed by atoms with Crippen LogP contribution in [0.3, 0.4) is 0 Å². The van der Waals surface area contributed by atoms with Crippen molar-refractivity contribution in [1.29, 1.82) is 0 Å². The summed E-state index contributed by atoms with van der Waals surface area (Å²) in [6, 6.07) is 0. The molecule has 8 heavy (non-hydrogen) atoms. The summed E-state index contributed by atoms with van der Waals surface area (Å²) in [5.41, 5.74) is 0. The van der Waals surface area contributed by atoms with Gasteiger partial charge in [0.25, 0.3) is 0 Å². The molecule has 0 aliphatic carbocycles. The summed E-state index contributed by atoms with van der Waals surface area (Å²) in [7, 11) is 0. The van der Waals surface area contributed by atoms with E-state index in [-0.39, 0.29) is 0 Å². The van der Waals surface area contributed by atoms with Crippen LogP contribution in [0.5, 0.6) is 0 Å². The van der Waals surface area contributed by atoms with Gasteiger partial charge in [-0.05, 0) is 6.42 Å². The van der Waals surface area contributed by atoms with E-state index in [2.05, 4.69) is 16.4 Å². The summed E-state index contributed by atoms with van der Waals surface area (Å²) in [4.78, 5) is 9.32. The summed E-state index contributed by atoms with van der Waals surface area (Å²) in [5, 5.41) is 0. The van der Waals surface area contributed by atoms with Gasteiger partial charge in [-0.3, -0.25) is 0 Å². The molecule has 0 aromatic rings. The predicted octanol–water partition coefficient (Wildman–Crippen LogP) is 1.14. The van der Waals surface area contributed by atoms with Gasteiger partial charge in [0.15, 0.2) is 0 Å². The van der Waals surface area contributed by atoms with E-state index >= 15 is 0 Å². The Morgan fingerprint density at radius 1 is 1.50 bits per heavy atom. The van der Waals surface area contributed by atoms with Crippen LogP contribution in [0.4, 0.5) is 0 Å². The maximum absolute atomic E-state index is 4.66. The highest BCUT2D eigenvalue weighted by atomic mass is 17.2. The molecule has 46 valence electrons. The molecule has 1 heterocycles. The first-order valence-electron chi connectivity index (χ1n) is 2.79. The molecular weight excluding hydrogens is 104 g/mol. The zero-order valence-corrected chi connectivity index (χ0v) is 4.80. The molecule has 0 bridgehead atoms. The standard InChI is InChI=1S/C6H10O2/c1-2-3-6-4-7-8-5-6/h2,6H,1,3-5H2. The van der Waals surface area contributed by atoms with Gasteiger partial charge >= 0.3 is 0 Å². The largest absolute Gasteiger partial charge is 0.236 e. The molecule has 1 aliphatic heterocycles. The van der Waals surface area contributed by atoms with E-state index < -0.39 is 0 Å². The van der Waals surface area contributed by atoms with E-state index in [1.807, 2.05) is 6.08 Å². The first-order chi connectivity index (χ1) is 3.93. The van der Waals surface area contributed by atoms with Gasteiger partial charge in [0, 0.05) is 5.92 Å². The van der Waals surface area contributed by atoms with Gasteiger partial charge in [-0.25, -0.2) is 9.78 Å². The molecule has 1 aliphatic rings. The zero-order valence-electron chi connectivity index (χ0n) is 4.80. The van der Waals surface area contributed by atoms with Gasteiger partial charge in [0.05, 0.1) is 13.2 Å². The summed E-state index contributed by atoms with van der Waals surface area (Å²) in [6.45, 7) is 5.07. The minimum atomic E-state index is 0.549. The summed E-state index contributed by atoms with van der Waals surface area (Å²) >= 11 is 0. The van der Waals surface area contributed by atoms with Crippen LogP contribution in [0, 0.1) is 5.92 Å². The van der Waals surface area contributed by atoms with Crippen molar-refractivity contribution < 1.29 is 9.78 Å². The van der Waals surface area contributed by atoms with Crippen LogP contribution in [0.1, 0.15) is 6.42 Å². The molecule has 1 fully saturated rings. The van der Waals surface area contributed by atoms with Crippen LogP contribution in [-0.4, -0.2) is 13.2 Å². The lowest BCUT2D eigenvalue weighted by molar-refractivity contribution is -0.248. The monoisotopic (exact) mass is 114 g/mol. The lowest BCUT2D eigenvalue weighted by Crippen LogP contribution is -2.00. The molecule has 1 saturated heterocycles. The molecule has 2 heteroatoms. The van der Waals surface area contributed by atoms with Crippen LogP contribution >= 0.6 is 0 Å². The second kappa shape index (κ2) is 2.84. The average Bonchev–Trinajstić information content (AvgIpc) is 2.19. The molecule has 1 rings (SSSR count). The fourth-order valence-corrected chi connectivity index (χ4v) is 0.709. The maximum Gasteiger partial charge on any atom is 0.0876 e. The highest BCUT2D eigenvalue weighted by Gasteiger charge is 2.14. The molecule has 0 amide bonds. The van der Waals surface area contributed by atoms with E-state index in [1.54, 1.807) is 0 Å². The fraction of sp³-hybridized carbons (Fsp3) is 0.667. The van der Waals surface area contributed by atoms with Crippen LogP contribution in [0.15, 0.2) is 12.7 Å². The van der Waals surface area contributed by atoms with Crippen molar-refractivity contribution in [2.24, 2.45) is 5.92 Å². The average molecular weight is 114 g/mol. The highest BCUT2D eigenvalue weighted by molar-refractivity contribution is 4.73. The van der Waals surface area contributed by atoms with Gasteiger partial charge in [-0.1, -0.05) is 6.08 Å². The van der Waals surface area contributed by atoms with Crippen molar-refractivity contribution >= 4 is 0 Å². The van der Waals surface area contributed by atoms with E-state index in [0.717, 1.165) is 19.6 Å². The van der Waals surface area contributed by atoms with Crippen molar-refractivity contribution in [3.63, 3.8) is 0 Å². The molecule has 0 aromatic carbocycles. The number of allylic oxidation sites excluding steroid dienone is 1. The summed E-state index contributed by atoms with van der Waals surface area (Å²) in [6.07, 6.45) is 2.89. The normalized spacial score (nSPS) is 21.5. The van der Waals surface area contributed by atoms with E-state index in [0.29, 0.717) is 5.92 Å². The Labute approximate surface area is 49.0 Å². The number of rotatable bonds is 2. The predicted molar refractivity (Wildman–Crippen MR) is 30.2 cm³/mol. The Bertz CT molecular complexity index is 74.6. The van der Waals surface area contributed by atoms with Crippen LogP contribution in [-0.2, 0) is 9.78 Å². The first kappa shape index (κ1) is 5.79. The third-order valence-electron chi connectivity index (χ3n) is 1.19. The van der Waals surface area contributed by atoms with Gasteiger partial charge < -0.3 is 0 Å². The Balaban J connectivity index is 2.14. The lowest BCUT2D eigenvalue weighted by atomic mass is 10.1. The van der Waals surface area contributed by atoms with Gasteiger partial charge in [-0.15, -0.1) is 6.58 Å². The maximum atomic E-state index is 4.66. The zero-order chi connectivity index (χ0) is 5.82. The van der Waals surface area contributed by atoms with E-state index in [9.17, 15) is 0 Å². The van der Waals surface area contributed by atoms with Crippen LogP contribution in [0.2, 0.25) is 0 Å². The topological polar surface area (TPSA) is 18.5 Å². The van der Waals surface area contributed by atoms with Crippen LogP contribution in [0.25, 0.3) is 0 Å². The molecule has 0 aromatic heterocycles. The molecule has 0 radical (unpaired) electrons. The third kappa shape index (κ3) is 1.32. The van der Waals surface area contributed by atoms with Gasteiger partial charge in [0.2, 0.25) is 0 Å². The van der Waals surface area contributed by atoms with E-state index in [4.69, 9.17) is 0 Å². The highest BCUT2D eigenvalue weighted by Crippen LogP contribution is 2.11. The summed E-state index contributed by atoms with van der Waals surface area (Å²) in [5.74, 6) is 0.549. The Kier molecular flexibility index (Phi) is 2.06. The van der Waals surface area contributed by atoms with Crippen molar-refractivity contribution in [2.75, 3.05) is 13.2 Å². The Hall–Kier alpha value is -0.340. The van der Waals surface area contributed by atoms with Crippen molar-refractivity contribution in [3.05, 3.63) is 12.7 Å². The molecule has 0 N–H and O–H groups in total. The quantitative estimate of drug-likeness (QED) is 0.396. The van der Waals surface area contributed by atoms with Crippen molar-refractivity contribution in [3.8, 4) is 0 Å². The first-order valence-corrected chi connectivity index (χ1v) is 2.79. The second-order valence-electron chi connectivity index (χ2n) is 1.96. The third-order valence-corrected chi connectivity index (χ3v) is 1.19. The molecule has 0 unspecified atom stereocenters. The van der Waals surface area contributed by atoms with Crippen molar-refractivity contribution in [2.45, 2.75) is 6.42 Å². The molecule has 0 spiro atoms. The smallest absolute Gasteiger partial charge is 0.0876 e. The lowest BCUT2D eigenvalue weighted by Gasteiger charge is -1.95. The van der Waals surface area contributed by atoms with E-state index in [1.165, 1.54) is 0 Å². The van der Waals surface area contributed by atoms with Crippen molar-refractivity contribution in [1.82, 2.24) is 0 Å². The Morgan fingerprint density at radius 3 is 2.62 bits per heavy atom. The minimum Gasteiger partial charge on any atom is -0.236 e. The second-order valence-corrected chi connectivity index (χ2v) is 1.96. The molecule has 0 atom stereocenters. The minimum absolute atomic E-state index is 0.549. The fourth-order valence-electron chi connectivity index (χ4n) is 0.709. The molecule has 2 nitrogen and oxygen atoms in total. The van der Waals surface area contributed by atoms with Gasteiger partial charge in [0.1, 0.15) is 0 Å². The SMILES string of the molecule is C=CCC1COOC1. The van der Waals surface area contributed by atoms with Crippen LogP contribution < -0.4 is 0 Å².